The lowest BCUT2D eigenvalue weighted by atomic mass is 9.91. The largest absolute Gasteiger partial charge is 0.444 e. The molecule has 3 aliphatic rings. The molecule has 10 heteroatoms. The Balaban J connectivity index is 1.58. The molecule has 0 bridgehead atoms. The first-order chi connectivity index (χ1) is 19.6. The van der Waals surface area contributed by atoms with Crippen molar-refractivity contribution in [3.05, 3.63) is 23.5 Å². The fourth-order valence-electron chi connectivity index (χ4n) is 6.54. The molecule has 0 spiro atoms. The molecular weight excluding hydrogens is 534 g/mol. The van der Waals surface area contributed by atoms with E-state index in [2.05, 4.69) is 37.5 Å². The smallest absolute Gasteiger partial charge is 0.410 e. The average Bonchev–Trinajstić information content (AvgIpc) is 3.16. The molecule has 5 atom stereocenters. The number of aliphatic hydroxyl groups excluding tert-OH is 1. The van der Waals surface area contributed by atoms with E-state index in [0.717, 1.165) is 29.9 Å². The van der Waals surface area contributed by atoms with Crippen molar-refractivity contribution in [2.24, 2.45) is 0 Å². The lowest BCUT2D eigenvalue weighted by Gasteiger charge is -2.48. The van der Waals surface area contributed by atoms with E-state index in [1.54, 1.807) is 6.20 Å². The van der Waals surface area contributed by atoms with Crippen molar-refractivity contribution >= 4 is 17.7 Å². The number of aromatic nitrogens is 1. The van der Waals surface area contributed by atoms with Crippen molar-refractivity contribution in [3.8, 4) is 0 Å². The van der Waals surface area contributed by atoms with Crippen LogP contribution in [0.4, 0.5) is 10.5 Å². The van der Waals surface area contributed by atoms with Crippen molar-refractivity contribution < 1.29 is 24.2 Å². The average molecular weight is 588 g/mol. The van der Waals surface area contributed by atoms with Crippen molar-refractivity contribution in [1.29, 1.82) is 0 Å². The molecule has 1 unspecified atom stereocenters. The van der Waals surface area contributed by atoms with Crippen LogP contribution in [0.25, 0.3) is 0 Å². The van der Waals surface area contributed by atoms with Crippen LogP contribution < -0.4 is 4.90 Å². The molecule has 1 N–H and O–H groups in total. The fourth-order valence-corrected chi connectivity index (χ4v) is 6.54. The second kappa shape index (κ2) is 12.8. The number of aliphatic hydroxyl groups is 1. The van der Waals surface area contributed by atoms with E-state index in [9.17, 15) is 14.7 Å². The molecule has 3 aliphatic heterocycles. The Hall–Kier alpha value is -2.27. The van der Waals surface area contributed by atoms with Gasteiger partial charge in [-0.2, -0.15) is 0 Å². The topological polar surface area (TPSA) is 98.7 Å². The van der Waals surface area contributed by atoms with Crippen LogP contribution >= 0.6 is 0 Å². The van der Waals surface area contributed by atoms with E-state index in [4.69, 9.17) is 14.5 Å². The number of nitrogens with zero attached hydrogens (tertiary/aromatic N) is 5. The predicted molar refractivity (Wildman–Crippen MR) is 164 cm³/mol. The maximum Gasteiger partial charge on any atom is 0.410 e. The van der Waals surface area contributed by atoms with Gasteiger partial charge < -0.3 is 24.4 Å². The number of morpholine rings is 1. The number of pyridine rings is 1. The molecule has 4 rings (SSSR count). The first-order valence-corrected chi connectivity index (χ1v) is 15.7. The summed E-state index contributed by atoms with van der Waals surface area (Å²) in [6.07, 6.45) is 2.36. The Morgan fingerprint density at radius 1 is 1.14 bits per heavy atom. The van der Waals surface area contributed by atoms with Crippen molar-refractivity contribution in [1.82, 2.24) is 19.7 Å². The number of carbonyl (C=O) groups excluding carboxylic acids is 2. The van der Waals surface area contributed by atoms with Gasteiger partial charge in [0.15, 0.2) is 0 Å². The van der Waals surface area contributed by atoms with Gasteiger partial charge in [-0.1, -0.05) is 27.2 Å². The highest BCUT2D eigenvalue weighted by atomic mass is 16.6. The first kappa shape index (κ1) is 32.6. The normalized spacial score (nSPS) is 27.6. The molecule has 2 saturated heterocycles. The molecule has 1 aromatic rings. The van der Waals surface area contributed by atoms with E-state index in [0.29, 0.717) is 39.3 Å². The van der Waals surface area contributed by atoms with Crippen LogP contribution in [0.1, 0.15) is 92.5 Å². The minimum absolute atomic E-state index is 0.0109. The van der Waals surface area contributed by atoms with Crippen molar-refractivity contribution in [2.45, 2.75) is 116 Å². The van der Waals surface area contributed by atoms with Gasteiger partial charge in [0, 0.05) is 67.5 Å². The molecule has 0 saturated carbocycles. The van der Waals surface area contributed by atoms with E-state index in [1.165, 1.54) is 0 Å². The first-order valence-electron chi connectivity index (χ1n) is 15.7. The zero-order valence-corrected chi connectivity index (χ0v) is 27.2. The molecule has 0 radical (unpaired) electrons. The number of hydrogen-bond acceptors (Lipinski definition) is 8. The minimum Gasteiger partial charge on any atom is -0.444 e. The Bertz CT molecular complexity index is 1110. The standard InChI is InChI=1S/C32H53N5O5/c1-10-11-27(38)24-12-26-29(33-13-24)32(8,9)20-37(26)28(39)17-34-14-21(2)36(30(40)42-31(5,6)7)16-25(34)15-35-22(3)18-41-19-23(35)4/h12-13,21-23,25,27,38H,10-11,14-20H2,1-9H3/t21-,22-,23-,25+,27?/m1/s1. The molecule has 236 valence electrons. The molecule has 42 heavy (non-hydrogen) atoms. The second-order valence-electron chi connectivity index (χ2n) is 14.3. The summed E-state index contributed by atoms with van der Waals surface area (Å²) in [5.74, 6) is 0.0109. The molecule has 2 amide bonds. The molecule has 2 fully saturated rings. The summed E-state index contributed by atoms with van der Waals surface area (Å²) < 4.78 is 11.5. The van der Waals surface area contributed by atoms with Gasteiger partial charge in [0.05, 0.1) is 37.2 Å². The maximum atomic E-state index is 14.1. The third-order valence-electron chi connectivity index (χ3n) is 8.81. The van der Waals surface area contributed by atoms with Crippen LogP contribution in [-0.2, 0) is 19.7 Å². The summed E-state index contributed by atoms with van der Waals surface area (Å²) in [6.45, 7) is 22.2. The molecule has 10 nitrogen and oxygen atoms in total. The number of anilines is 1. The zero-order chi connectivity index (χ0) is 31.0. The SMILES string of the molecule is CCCC(O)c1cnc2c(c1)N(C(=O)CN1C[C@@H](C)N(C(=O)OC(C)(C)C)C[C@@H]1CN1[C@H](C)COC[C@H]1C)CC2(C)C. The summed E-state index contributed by atoms with van der Waals surface area (Å²) >= 11 is 0. The van der Waals surface area contributed by atoms with E-state index < -0.39 is 11.7 Å². The van der Waals surface area contributed by atoms with Crippen LogP contribution in [0.3, 0.4) is 0 Å². The van der Waals surface area contributed by atoms with Gasteiger partial charge in [-0.05, 0) is 54.0 Å². The van der Waals surface area contributed by atoms with Gasteiger partial charge >= 0.3 is 6.09 Å². The van der Waals surface area contributed by atoms with Crippen LogP contribution in [0.2, 0.25) is 0 Å². The van der Waals surface area contributed by atoms with Crippen LogP contribution in [0.15, 0.2) is 12.3 Å². The van der Waals surface area contributed by atoms with Gasteiger partial charge in [0.25, 0.3) is 0 Å². The van der Waals surface area contributed by atoms with Gasteiger partial charge in [0.1, 0.15) is 5.60 Å². The summed E-state index contributed by atoms with van der Waals surface area (Å²) in [5, 5.41) is 10.7. The van der Waals surface area contributed by atoms with Crippen LogP contribution in [-0.4, -0.2) is 112 Å². The molecule has 1 aromatic heterocycles. The van der Waals surface area contributed by atoms with Gasteiger partial charge in [-0.25, -0.2) is 4.79 Å². The molecule has 0 aliphatic carbocycles. The maximum absolute atomic E-state index is 14.1. The number of amides is 2. The Labute approximate surface area is 252 Å². The Kier molecular flexibility index (Phi) is 9.92. The number of carbonyl (C=O) groups is 2. The number of hydrogen-bond donors (Lipinski definition) is 1. The van der Waals surface area contributed by atoms with Crippen molar-refractivity contribution in [3.63, 3.8) is 0 Å². The Morgan fingerprint density at radius 2 is 1.81 bits per heavy atom. The van der Waals surface area contributed by atoms with E-state index >= 15 is 0 Å². The summed E-state index contributed by atoms with van der Waals surface area (Å²) in [5.41, 5.74) is 1.56. The predicted octanol–water partition coefficient (Wildman–Crippen LogP) is 3.96. The number of ether oxygens (including phenoxy) is 2. The number of piperazine rings is 1. The minimum atomic E-state index is -0.600. The van der Waals surface area contributed by atoms with Crippen molar-refractivity contribution in [2.75, 3.05) is 50.8 Å². The van der Waals surface area contributed by atoms with Gasteiger partial charge in [0.2, 0.25) is 5.91 Å². The van der Waals surface area contributed by atoms with Crippen LogP contribution in [0.5, 0.6) is 0 Å². The number of rotatable bonds is 7. The Morgan fingerprint density at radius 3 is 2.43 bits per heavy atom. The molecule has 0 aromatic carbocycles. The van der Waals surface area contributed by atoms with Gasteiger partial charge in [-0.15, -0.1) is 0 Å². The zero-order valence-electron chi connectivity index (χ0n) is 27.2. The lowest BCUT2D eigenvalue weighted by Crippen LogP contribution is -2.65. The second-order valence-corrected chi connectivity index (χ2v) is 14.3. The molecular formula is C32H53N5O5. The van der Waals surface area contributed by atoms with Gasteiger partial charge in [-0.3, -0.25) is 19.6 Å². The number of fused-ring (bicyclic) bond motifs is 1. The third-order valence-corrected chi connectivity index (χ3v) is 8.81. The highest BCUT2D eigenvalue weighted by molar-refractivity contribution is 5.97. The quantitative estimate of drug-likeness (QED) is 0.512. The lowest BCUT2D eigenvalue weighted by molar-refractivity contribution is -0.122. The van der Waals surface area contributed by atoms with E-state index in [1.807, 2.05) is 50.5 Å². The summed E-state index contributed by atoms with van der Waals surface area (Å²) in [4.78, 5) is 40.4. The highest BCUT2D eigenvalue weighted by Crippen LogP contribution is 2.40. The monoisotopic (exact) mass is 587 g/mol. The summed E-state index contributed by atoms with van der Waals surface area (Å²) in [6, 6.07) is 2.28. The highest BCUT2D eigenvalue weighted by Gasteiger charge is 2.43. The van der Waals surface area contributed by atoms with Crippen LogP contribution in [0, 0.1) is 0 Å². The fraction of sp³-hybridized carbons (Fsp3) is 0.781. The summed E-state index contributed by atoms with van der Waals surface area (Å²) in [7, 11) is 0. The van der Waals surface area contributed by atoms with E-state index in [-0.39, 0.29) is 48.1 Å². The molecule has 4 heterocycles. The third kappa shape index (κ3) is 7.26.